The van der Waals surface area contributed by atoms with Gasteiger partial charge in [-0.15, -0.1) is 16.4 Å². The fourth-order valence-electron chi connectivity index (χ4n) is 2.35. The van der Waals surface area contributed by atoms with Crippen molar-refractivity contribution in [1.82, 2.24) is 20.0 Å². The summed E-state index contributed by atoms with van der Waals surface area (Å²) in [6.07, 6.45) is 2.23. The highest BCUT2D eigenvalue weighted by Crippen LogP contribution is 2.44. The molecule has 0 spiro atoms. The Morgan fingerprint density at radius 3 is 2.81 bits per heavy atom. The summed E-state index contributed by atoms with van der Waals surface area (Å²) in [6.45, 7) is 1.87. The molecule has 1 fully saturated rings. The Bertz CT molecular complexity index is 846. The van der Waals surface area contributed by atoms with E-state index in [9.17, 15) is 9.90 Å². The van der Waals surface area contributed by atoms with Gasteiger partial charge in [0.05, 0.1) is 11.4 Å². The van der Waals surface area contributed by atoms with Crippen LogP contribution in [0.1, 0.15) is 39.8 Å². The lowest BCUT2D eigenvalue weighted by atomic mass is 10.2. The number of thiophene rings is 1. The molecular weight excluding hydrogens is 288 g/mol. The molecule has 0 amide bonds. The molecule has 6 nitrogen and oxygen atoms in total. The fraction of sp³-hybridized carbons (Fsp3) is 0.286. The van der Waals surface area contributed by atoms with E-state index in [1.165, 1.54) is 11.3 Å². The van der Waals surface area contributed by atoms with Crippen LogP contribution in [-0.4, -0.2) is 31.1 Å². The van der Waals surface area contributed by atoms with Gasteiger partial charge in [-0.05, 0) is 38.0 Å². The van der Waals surface area contributed by atoms with Crippen molar-refractivity contribution in [1.29, 1.82) is 0 Å². The number of hydrogen-bond donors (Lipinski definition) is 1. The van der Waals surface area contributed by atoms with Crippen LogP contribution >= 0.6 is 11.3 Å². The topological polar surface area (TPSA) is 80.9 Å². The lowest BCUT2D eigenvalue weighted by Crippen LogP contribution is -2.01. The number of fused-ring (bicyclic) bond motifs is 1. The first kappa shape index (κ1) is 12.5. The van der Waals surface area contributed by atoms with Crippen molar-refractivity contribution in [3.8, 4) is 5.82 Å². The highest BCUT2D eigenvalue weighted by molar-refractivity contribution is 7.20. The third kappa shape index (κ3) is 2.01. The molecule has 0 aliphatic heterocycles. The van der Waals surface area contributed by atoms with Gasteiger partial charge in [0, 0.05) is 11.3 Å². The number of hydrogen-bond acceptors (Lipinski definition) is 5. The van der Waals surface area contributed by atoms with Gasteiger partial charge in [0.25, 0.3) is 0 Å². The van der Waals surface area contributed by atoms with Crippen molar-refractivity contribution < 1.29 is 9.90 Å². The van der Waals surface area contributed by atoms with Gasteiger partial charge in [-0.2, -0.15) is 10.2 Å². The molecule has 1 saturated carbocycles. The maximum Gasteiger partial charge on any atom is 0.345 e. The zero-order valence-corrected chi connectivity index (χ0v) is 12.1. The van der Waals surface area contributed by atoms with Gasteiger partial charge in [0.15, 0.2) is 5.82 Å². The molecule has 0 bridgehead atoms. The number of nitrogens with zero attached hydrogens (tertiary/aromatic N) is 4. The molecule has 7 heteroatoms. The Morgan fingerprint density at radius 1 is 1.38 bits per heavy atom. The van der Waals surface area contributed by atoms with E-state index in [0.29, 0.717) is 16.6 Å². The molecule has 1 aliphatic rings. The molecule has 0 aromatic carbocycles. The SMILES string of the molecule is Cc1ccc(-n2nc(C3CC3)c3cc(C(=O)O)sc32)nn1. The predicted molar refractivity (Wildman–Crippen MR) is 78.2 cm³/mol. The Balaban J connectivity index is 1.95. The molecule has 3 heterocycles. The molecule has 0 atom stereocenters. The van der Waals surface area contributed by atoms with Crippen molar-refractivity contribution in [3.63, 3.8) is 0 Å². The van der Waals surface area contributed by atoms with E-state index in [-0.39, 0.29) is 0 Å². The Hall–Kier alpha value is -2.28. The van der Waals surface area contributed by atoms with Crippen LogP contribution in [0.4, 0.5) is 0 Å². The lowest BCUT2D eigenvalue weighted by Gasteiger charge is -2.00. The number of rotatable bonds is 3. The summed E-state index contributed by atoms with van der Waals surface area (Å²) in [4.78, 5) is 12.4. The Labute approximate surface area is 124 Å². The molecule has 0 radical (unpaired) electrons. The standard InChI is InChI=1S/C14H12N4O2S/c1-7-2-5-11(16-15-7)18-13-9(6-10(21-13)14(19)20)12(17-18)8-3-4-8/h2,5-6,8H,3-4H2,1H3,(H,19,20). The van der Waals surface area contributed by atoms with Crippen LogP contribution in [-0.2, 0) is 0 Å². The molecule has 1 aliphatic carbocycles. The van der Waals surface area contributed by atoms with E-state index in [4.69, 9.17) is 0 Å². The number of aromatic nitrogens is 4. The third-order valence-electron chi connectivity index (χ3n) is 3.56. The maximum absolute atomic E-state index is 11.2. The number of carbonyl (C=O) groups is 1. The lowest BCUT2D eigenvalue weighted by molar-refractivity contribution is 0.0702. The second-order valence-electron chi connectivity index (χ2n) is 5.24. The number of aromatic carboxylic acids is 1. The molecule has 3 aromatic heterocycles. The molecule has 3 aromatic rings. The highest BCUT2D eigenvalue weighted by atomic mass is 32.1. The van der Waals surface area contributed by atoms with Gasteiger partial charge < -0.3 is 5.11 Å². The van der Waals surface area contributed by atoms with Crippen LogP contribution in [0.25, 0.3) is 16.0 Å². The minimum absolute atomic E-state index is 0.332. The first-order valence-corrected chi connectivity index (χ1v) is 7.51. The summed E-state index contributed by atoms with van der Waals surface area (Å²) in [5.41, 5.74) is 1.82. The summed E-state index contributed by atoms with van der Waals surface area (Å²) in [7, 11) is 0. The Kier molecular flexibility index (Phi) is 2.58. The van der Waals surface area contributed by atoms with Gasteiger partial charge in [-0.3, -0.25) is 0 Å². The van der Waals surface area contributed by atoms with Gasteiger partial charge in [-0.25, -0.2) is 9.48 Å². The van der Waals surface area contributed by atoms with Gasteiger partial charge in [0.2, 0.25) is 0 Å². The summed E-state index contributed by atoms with van der Waals surface area (Å²) < 4.78 is 1.71. The van der Waals surface area contributed by atoms with E-state index in [1.54, 1.807) is 10.7 Å². The summed E-state index contributed by atoms with van der Waals surface area (Å²) in [6, 6.07) is 5.45. The van der Waals surface area contributed by atoms with Crippen LogP contribution in [0.5, 0.6) is 0 Å². The van der Waals surface area contributed by atoms with Crippen LogP contribution in [0.2, 0.25) is 0 Å². The average Bonchev–Trinajstić information content (AvgIpc) is 3.10. The third-order valence-corrected chi connectivity index (χ3v) is 4.66. The van der Waals surface area contributed by atoms with Crippen LogP contribution in [0, 0.1) is 6.92 Å². The summed E-state index contributed by atoms with van der Waals surface area (Å²) >= 11 is 1.23. The molecule has 21 heavy (non-hydrogen) atoms. The minimum atomic E-state index is -0.903. The van der Waals surface area contributed by atoms with Crippen LogP contribution < -0.4 is 0 Å². The van der Waals surface area contributed by atoms with E-state index in [0.717, 1.165) is 34.4 Å². The average molecular weight is 300 g/mol. The van der Waals surface area contributed by atoms with Crippen molar-refractivity contribution in [2.75, 3.05) is 0 Å². The van der Waals surface area contributed by atoms with Crippen molar-refractivity contribution in [3.05, 3.63) is 34.5 Å². The monoisotopic (exact) mass is 300 g/mol. The Morgan fingerprint density at radius 2 is 2.19 bits per heavy atom. The molecule has 0 unspecified atom stereocenters. The van der Waals surface area contributed by atoms with Gasteiger partial charge in [0.1, 0.15) is 9.71 Å². The summed E-state index contributed by atoms with van der Waals surface area (Å²) in [5.74, 6) is 0.166. The van der Waals surface area contributed by atoms with Gasteiger partial charge >= 0.3 is 5.97 Å². The molecule has 0 saturated heterocycles. The second kappa shape index (κ2) is 4.36. The zero-order chi connectivity index (χ0) is 14.6. The normalized spacial score (nSPS) is 14.7. The number of carboxylic acid groups (broad SMARTS) is 1. The smallest absolute Gasteiger partial charge is 0.345 e. The first-order valence-electron chi connectivity index (χ1n) is 6.70. The summed E-state index contributed by atoms with van der Waals surface area (Å²) in [5, 5.41) is 23.0. The second-order valence-corrected chi connectivity index (χ2v) is 6.27. The van der Waals surface area contributed by atoms with Gasteiger partial charge in [-0.1, -0.05) is 0 Å². The van der Waals surface area contributed by atoms with Crippen molar-refractivity contribution >= 4 is 27.5 Å². The zero-order valence-electron chi connectivity index (χ0n) is 11.3. The molecule has 106 valence electrons. The maximum atomic E-state index is 11.2. The van der Waals surface area contributed by atoms with E-state index >= 15 is 0 Å². The predicted octanol–water partition coefficient (Wildman–Crippen LogP) is 2.76. The minimum Gasteiger partial charge on any atom is -0.477 e. The van der Waals surface area contributed by atoms with E-state index in [1.807, 2.05) is 19.1 Å². The molecule has 1 N–H and O–H groups in total. The highest BCUT2D eigenvalue weighted by Gasteiger charge is 2.31. The van der Waals surface area contributed by atoms with Crippen LogP contribution in [0.15, 0.2) is 18.2 Å². The quantitative estimate of drug-likeness (QED) is 0.804. The number of aryl methyl sites for hydroxylation is 1. The molecular formula is C14H12N4O2S. The number of carboxylic acids is 1. The van der Waals surface area contributed by atoms with E-state index in [2.05, 4.69) is 15.3 Å². The van der Waals surface area contributed by atoms with E-state index < -0.39 is 5.97 Å². The fourth-order valence-corrected chi connectivity index (χ4v) is 3.32. The van der Waals surface area contributed by atoms with Crippen LogP contribution in [0.3, 0.4) is 0 Å². The molecule has 4 rings (SSSR count). The van der Waals surface area contributed by atoms with Crippen molar-refractivity contribution in [2.45, 2.75) is 25.7 Å². The largest absolute Gasteiger partial charge is 0.477 e. The first-order chi connectivity index (χ1) is 10.1. The van der Waals surface area contributed by atoms with Crippen molar-refractivity contribution in [2.24, 2.45) is 0 Å².